The Kier molecular flexibility index (Phi) is 12.2. The highest BCUT2D eigenvalue weighted by Crippen LogP contribution is 2.54. The summed E-state index contributed by atoms with van der Waals surface area (Å²) in [6.07, 6.45) is -10.6. The van der Waals surface area contributed by atoms with Gasteiger partial charge in [-0.1, -0.05) is 6.92 Å². The molecular weight excluding hydrogens is 778 g/mol. The Morgan fingerprint density at radius 2 is 1.37 bits per heavy atom. The van der Waals surface area contributed by atoms with Crippen LogP contribution in [0.1, 0.15) is 115 Å². The Morgan fingerprint density at radius 1 is 0.814 bits per heavy atom. The minimum atomic E-state index is -1.82. The van der Waals surface area contributed by atoms with E-state index < -0.39 is 143 Å². The number of esters is 1. The lowest BCUT2D eigenvalue weighted by Crippen LogP contribution is -2.58. The lowest BCUT2D eigenvalue weighted by Gasteiger charge is -2.47. The fourth-order valence-corrected chi connectivity index (χ4v) is 9.32. The smallest absolute Gasteiger partial charge is 0.316 e. The molecule has 2 aromatic rings. The Morgan fingerprint density at radius 3 is 1.95 bits per heavy atom. The van der Waals surface area contributed by atoms with Gasteiger partial charge in [0.1, 0.15) is 41.5 Å². The highest BCUT2D eigenvalue weighted by Gasteiger charge is 2.54. The topological polar surface area (TPSA) is 269 Å². The number of fused-ring (bicyclic) bond motifs is 3. The van der Waals surface area contributed by atoms with Crippen LogP contribution in [0.3, 0.4) is 0 Å². The molecule has 8 N–H and O–H groups in total. The summed E-state index contributed by atoms with van der Waals surface area (Å²) in [4.78, 5) is 41.2. The fourth-order valence-electron chi connectivity index (χ4n) is 9.32. The number of aliphatic hydroxyl groups excluding tert-OH is 3. The van der Waals surface area contributed by atoms with Crippen molar-refractivity contribution in [1.29, 1.82) is 0 Å². The first-order valence-electron chi connectivity index (χ1n) is 19.9. The number of ketones is 2. The highest BCUT2D eigenvalue weighted by atomic mass is 16.7. The van der Waals surface area contributed by atoms with E-state index in [0.717, 1.165) is 19.2 Å². The van der Waals surface area contributed by atoms with Gasteiger partial charge in [0.05, 0.1) is 66.0 Å². The molecule has 2 aromatic carbocycles. The molecule has 12 unspecified atom stereocenters. The van der Waals surface area contributed by atoms with Crippen molar-refractivity contribution >= 4 is 17.5 Å². The van der Waals surface area contributed by atoms with Crippen LogP contribution in [-0.2, 0) is 38.0 Å². The van der Waals surface area contributed by atoms with Crippen LogP contribution in [0.4, 0.5) is 0 Å². The number of phenols is 3. The van der Waals surface area contributed by atoms with Crippen molar-refractivity contribution in [2.45, 2.75) is 151 Å². The first-order chi connectivity index (χ1) is 27.9. The van der Waals surface area contributed by atoms with Gasteiger partial charge in [-0.2, -0.15) is 0 Å². The number of hydrogen-bond acceptors (Lipinski definition) is 18. The first kappa shape index (κ1) is 43.3. The van der Waals surface area contributed by atoms with Crippen LogP contribution in [0.2, 0.25) is 0 Å². The van der Waals surface area contributed by atoms with E-state index in [4.69, 9.17) is 33.2 Å². The van der Waals surface area contributed by atoms with E-state index in [1.54, 1.807) is 34.7 Å². The molecule has 0 spiro atoms. The van der Waals surface area contributed by atoms with Crippen molar-refractivity contribution in [3.63, 3.8) is 0 Å². The van der Waals surface area contributed by atoms with E-state index in [1.807, 2.05) is 0 Å². The molecule has 324 valence electrons. The summed E-state index contributed by atoms with van der Waals surface area (Å²) < 4.78 is 42.2. The largest absolute Gasteiger partial charge is 0.507 e. The monoisotopic (exact) mass is 831 g/mol. The van der Waals surface area contributed by atoms with Gasteiger partial charge in [0.15, 0.2) is 24.7 Å². The fraction of sp³-hybridized carbons (Fsp3) is 0.634. The SMILES string of the molecule is CC[C@@]1(O)C[C@H](OC2CC(NC)C(OC3CC(O)C(OC4CC(O)C(O)C(C)O4)C(C)O3)C(C)O2)c2c(cc3c(c2O)C(=O)c2c(O)ccc(O)c2C3=O)[C@H]1C(=O)OC. The van der Waals surface area contributed by atoms with Crippen LogP contribution >= 0.6 is 0 Å². The second kappa shape index (κ2) is 16.6. The Labute approximate surface area is 339 Å². The van der Waals surface area contributed by atoms with Gasteiger partial charge < -0.3 is 74.2 Å². The maximum atomic E-state index is 13.9. The molecule has 15 atom stereocenters. The Bertz CT molecular complexity index is 1930. The summed E-state index contributed by atoms with van der Waals surface area (Å²) in [6.45, 7) is 6.74. The molecule has 3 saturated heterocycles. The number of carbonyl (C=O) groups is 3. The number of nitrogens with one attached hydrogen (secondary N) is 1. The third kappa shape index (κ3) is 7.63. The molecule has 0 bridgehead atoms. The van der Waals surface area contributed by atoms with E-state index in [9.17, 15) is 50.1 Å². The molecule has 0 amide bonds. The van der Waals surface area contributed by atoms with Crippen molar-refractivity contribution in [3.05, 3.63) is 51.6 Å². The van der Waals surface area contributed by atoms with Crippen LogP contribution in [0.5, 0.6) is 17.2 Å². The molecule has 3 fully saturated rings. The van der Waals surface area contributed by atoms with E-state index in [-0.39, 0.29) is 48.8 Å². The lowest BCUT2D eigenvalue weighted by atomic mass is 9.67. The van der Waals surface area contributed by atoms with Gasteiger partial charge in [-0.15, -0.1) is 0 Å². The maximum Gasteiger partial charge on any atom is 0.316 e. The zero-order valence-corrected chi connectivity index (χ0v) is 33.6. The molecule has 0 aromatic heterocycles. The highest BCUT2D eigenvalue weighted by molar-refractivity contribution is 6.31. The normalized spacial score (nSPS) is 38.3. The second-order valence-electron chi connectivity index (χ2n) is 16.1. The minimum absolute atomic E-state index is 0.0146. The van der Waals surface area contributed by atoms with Crippen LogP contribution in [0.15, 0.2) is 18.2 Å². The molecule has 5 aliphatic rings. The molecule has 7 rings (SSSR count). The second-order valence-corrected chi connectivity index (χ2v) is 16.1. The number of methoxy groups -OCH3 is 1. The van der Waals surface area contributed by atoms with Crippen LogP contribution in [0, 0.1) is 0 Å². The van der Waals surface area contributed by atoms with Crippen LogP contribution in [0.25, 0.3) is 0 Å². The van der Waals surface area contributed by atoms with Gasteiger partial charge in [-0.05, 0) is 58.0 Å². The summed E-state index contributed by atoms with van der Waals surface area (Å²) in [5.74, 6) is -5.96. The van der Waals surface area contributed by atoms with Gasteiger partial charge in [-0.3, -0.25) is 14.4 Å². The molecule has 2 aliphatic carbocycles. The zero-order valence-electron chi connectivity index (χ0n) is 33.6. The Hall–Kier alpha value is -3.79. The molecule has 18 nitrogen and oxygen atoms in total. The molecule has 0 saturated carbocycles. The average molecular weight is 832 g/mol. The molecule has 0 radical (unpaired) electrons. The van der Waals surface area contributed by atoms with Crippen LogP contribution in [-0.4, -0.2) is 147 Å². The quantitative estimate of drug-likeness (QED) is 0.111. The van der Waals surface area contributed by atoms with E-state index in [2.05, 4.69) is 5.32 Å². The van der Waals surface area contributed by atoms with E-state index in [0.29, 0.717) is 0 Å². The van der Waals surface area contributed by atoms with Gasteiger partial charge in [0.25, 0.3) is 0 Å². The summed E-state index contributed by atoms with van der Waals surface area (Å²) in [6, 6.07) is 2.91. The zero-order chi connectivity index (χ0) is 42.8. The lowest BCUT2D eigenvalue weighted by molar-refractivity contribution is -0.329. The summed E-state index contributed by atoms with van der Waals surface area (Å²) in [5, 5.41) is 79.8. The third-order valence-corrected chi connectivity index (χ3v) is 12.5. The first-order valence-corrected chi connectivity index (χ1v) is 19.9. The van der Waals surface area contributed by atoms with E-state index in [1.165, 1.54) is 6.07 Å². The Balaban J connectivity index is 1.12. The minimum Gasteiger partial charge on any atom is -0.507 e. The number of aromatic hydroxyl groups is 3. The molecule has 3 aliphatic heterocycles. The van der Waals surface area contributed by atoms with Gasteiger partial charge in [0.2, 0.25) is 5.78 Å². The van der Waals surface area contributed by atoms with Gasteiger partial charge in [0, 0.05) is 42.9 Å². The molecule has 59 heavy (non-hydrogen) atoms. The van der Waals surface area contributed by atoms with Crippen LogP contribution < -0.4 is 5.32 Å². The summed E-state index contributed by atoms with van der Waals surface area (Å²) >= 11 is 0. The van der Waals surface area contributed by atoms with Crippen molar-refractivity contribution in [1.82, 2.24) is 5.32 Å². The number of ether oxygens (including phenoxy) is 7. The number of phenolic OH excluding ortho intramolecular Hbond substituents is 3. The molecule has 3 heterocycles. The number of aliphatic hydroxyl groups is 4. The predicted octanol–water partition coefficient (Wildman–Crippen LogP) is 1.28. The average Bonchev–Trinajstić information content (AvgIpc) is 3.18. The third-order valence-electron chi connectivity index (χ3n) is 12.5. The number of hydrogen-bond donors (Lipinski definition) is 8. The van der Waals surface area contributed by atoms with Crippen molar-refractivity contribution in [3.8, 4) is 17.2 Å². The van der Waals surface area contributed by atoms with E-state index >= 15 is 0 Å². The van der Waals surface area contributed by atoms with Crippen molar-refractivity contribution < 1.29 is 83.3 Å². The predicted molar refractivity (Wildman–Crippen MR) is 201 cm³/mol. The number of carbonyl (C=O) groups excluding carboxylic acids is 3. The standard InChI is InChI=1S/C41H53NO17/c1-7-41(52)14-25(29-18(33(41)40(51)53-6)10-19-30(36(29)49)37(50)32-22(44)9-8-21(43)31(32)35(19)48)57-26-11-20(42-5)38(16(3)55-26)58-28-13-24(46)39(17(4)56-28)59-27-12-23(45)34(47)15(2)54-27/h8-10,15-17,20,23-28,33-34,38-39,42-47,49,52H,7,11-14H2,1-6H3/t15?,16?,17?,20?,23?,24?,25-,26?,27?,28?,33-,34?,38?,39?,41+/m0/s1. The van der Waals surface area contributed by atoms with Gasteiger partial charge in [-0.25, -0.2) is 0 Å². The summed E-state index contributed by atoms with van der Waals surface area (Å²) in [7, 11) is 2.85. The maximum absolute atomic E-state index is 13.9. The van der Waals surface area contributed by atoms with Crippen molar-refractivity contribution in [2.24, 2.45) is 0 Å². The van der Waals surface area contributed by atoms with Gasteiger partial charge >= 0.3 is 5.97 Å². The number of likely N-dealkylation sites (N-methyl/N-ethyl adjacent to an activating group) is 1. The number of rotatable bonds is 9. The molecular formula is C41H53NO17. The summed E-state index contributed by atoms with van der Waals surface area (Å²) in [5.41, 5.74) is -3.65. The number of benzene rings is 2. The van der Waals surface area contributed by atoms with Crippen molar-refractivity contribution in [2.75, 3.05) is 14.2 Å². The molecule has 18 heteroatoms.